The molecule has 1 aliphatic carbocycles. The molecule has 0 amide bonds. The molecule has 0 unspecified atom stereocenters. The van der Waals surface area contributed by atoms with E-state index < -0.39 is 0 Å². The van der Waals surface area contributed by atoms with Crippen molar-refractivity contribution in [1.29, 1.82) is 5.26 Å². The van der Waals surface area contributed by atoms with Crippen molar-refractivity contribution >= 4 is 0 Å². The second-order valence-electron chi connectivity index (χ2n) is 5.74. The first-order valence-corrected chi connectivity index (χ1v) is 5.55. The fourth-order valence-electron chi connectivity index (χ4n) is 1.58. The molecule has 0 bridgehead atoms. The van der Waals surface area contributed by atoms with Crippen LogP contribution in [0.2, 0.25) is 0 Å². The number of rotatable bonds is 6. The minimum atomic E-state index is 0.265. The molecule has 1 saturated carbocycles. The standard InChI is InChI=1S/C12H22N2/c1-11(2,5-4-8-13)9-14-10-12(3)6-7-12/h14H,4-7,9-10H2,1-3H3. The zero-order valence-electron chi connectivity index (χ0n) is 9.69. The van der Waals surface area contributed by atoms with Crippen LogP contribution >= 0.6 is 0 Å². The van der Waals surface area contributed by atoms with Crippen LogP contribution in [0.1, 0.15) is 46.5 Å². The molecule has 2 heteroatoms. The van der Waals surface area contributed by atoms with E-state index in [1.165, 1.54) is 12.8 Å². The van der Waals surface area contributed by atoms with Gasteiger partial charge in [0.1, 0.15) is 0 Å². The molecule has 0 spiro atoms. The van der Waals surface area contributed by atoms with Crippen LogP contribution in [0.3, 0.4) is 0 Å². The third kappa shape index (κ3) is 4.11. The van der Waals surface area contributed by atoms with E-state index in [1.54, 1.807) is 0 Å². The summed E-state index contributed by atoms with van der Waals surface area (Å²) in [6.45, 7) is 8.97. The maximum absolute atomic E-state index is 8.52. The number of hydrogen-bond donors (Lipinski definition) is 1. The van der Waals surface area contributed by atoms with Crippen molar-refractivity contribution in [2.24, 2.45) is 10.8 Å². The van der Waals surface area contributed by atoms with Gasteiger partial charge in [-0.2, -0.15) is 5.26 Å². The van der Waals surface area contributed by atoms with Crippen LogP contribution in [0.25, 0.3) is 0 Å². The monoisotopic (exact) mass is 194 g/mol. The number of nitriles is 1. The quantitative estimate of drug-likeness (QED) is 0.705. The summed E-state index contributed by atoms with van der Waals surface area (Å²) in [6.07, 6.45) is 4.41. The summed E-state index contributed by atoms with van der Waals surface area (Å²) in [4.78, 5) is 0. The van der Waals surface area contributed by atoms with Crippen LogP contribution in [-0.4, -0.2) is 13.1 Å². The third-order valence-corrected chi connectivity index (χ3v) is 3.17. The minimum absolute atomic E-state index is 0.265. The Bertz CT molecular complexity index is 221. The van der Waals surface area contributed by atoms with Crippen molar-refractivity contribution in [2.45, 2.75) is 46.5 Å². The first-order valence-electron chi connectivity index (χ1n) is 5.55. The van der Waals surface area contributed by atoms with E-state index in [1.807, 2.05) is 0 Å². The van der Waals surface area contributed by atoms with Gasteiger partial charge in [0.05, 0.1) is 6.07 Å². The van der Waals surface area contributed by atoms with Crippen LogP contribution in [0.5, 0.6) is 0 Å². The molecule has 0 radical (unpaired) electrons. The molecule has 1 aliphatic rings. The Kier molecular flexibility index (Phi) is 3.55. The van der Waals surface area contributed by atoms with E-state index in [0.717, 1.165) is 19.5 Å². The van der Waals surface area contributed by atoms with Gasteiger partial charge in [-0.25, -0.2) is 0 Å². The van der Waals surface area contributed by atoms with E-state index >= 15 is 0 Å². The first-order chi connectivity index (χ1) is 6.47. The number of nitrogens with zero attached hydrogens (tertiary/aromatic N) is 1. The normalized spacial score (nSPS) is 19.0. The Balaban J connectivity index is 2.12. The maximum atomic E-state index is 8.52. The molecule has 0 aliphatic heterocycles. The number of hydrogen-bond acceptors (Lipinski definition) is 2. The fraction of sp³-hybridized carbons (Fsp3) is 0.917. The van der Waals surface area contributed by atoms with Gasteiger partial charge < -0.3 is 5.32 Å². The average molecular weight is 194 g/mol. The van der Waals surface area contributed by atoms with Gasteiger partial charge in [0.15, 0.2) is 0 Å². The van der Waals surface area contributed by atoms with Crippen molar-refractivity contribution in [1.82, 2.24) is 5.32 Å². The summed E-state index contributed by atoms with van der Waals surface area (Å²) in [5, 5.41) is 12.1. The SMILES string of the molecule is CC(C)(CCC#N)CNCC1(C)CC1. The maximum Gasteiger partial charge on any atom is 0.0621 e. The zero-order valence-corrected chi connectivity index (χ0v) is 9.69. The van der Waals surface area contributed by atoms with Crippen molar-refractivity contribution in [2.75, 3.05) is 13.1 Å². The smallest absolute Gasteiger partial charge is 0.0621 e. The van der Waals surface area contributed by atoms with Crippen molar-refractivity contribution in [3.05, 3.63) is 0 Å². The summed E-state index contributed by atoms with van der Waals surface area (Å²) >= 11 is 0. The zero-order chi connectivity index (χ0) is 10.7. The lowest BCUT2D eigenvalue weighted by molar-refractivity contribution is 0.306. The molecular formula is C12H22N2. The Hall–Kier alpha value is -0.550. The highest BCUT2D eigenvalue weighted by Gasteiger charge is 2.36. The molecule has 0 aromatic heterocycles. The van der Waals surface area contributed by atoms with Gasteiger partial charge in [-0.3, -0.25) is 0 Å². The molecule has 0 saturated heterocycles. The Morgan fingerprint density at radius 3 is 2.57 bits per heavy atom. The Morgan fingerprint density at radius 2 is 2.07 bits per heavy atom. The minimum Gasteiger partial charge on any atom is -0.316 e. The largest absolute Gasteiger partial charge is 0.316 e. The van der Waals surface area contributed by atoms with Gasteiger partial charge >= 0.3 is 0 Å². The van der Waals surface area contributed by atoms with Crippen molar-refractivity contribution in [3.8, 4) is 6.07 Å². The van der Waals surface area contributed by atoms with Crippen LogP contribution in [-0.2, 0) is 0 Å². The molecular weight excluding hydrogens is 172 g/mol. The predicted molar refractivity (Wildman–Crippen MR) is 58.8 cm³/mol. The van der Waals surface area contributed by atoms with Gasteiger partial charge in [0, 0.05) is 19.5 Å². The summed E-state index contributed by atoms with van der Waals surface area (Å²) < 4.78 is 0. The topological polar surface area (TPSA) is 35.8 Å². The van der Waals surface area contributed by atoms with E-state index in [0.29, 0.717) is 11.8 Å². The van der Waals surface area contributed by atoms with Crippen molar-refractivity contribution in [3.63, 3.8) is 0 Å². The Labute approximate surface area is 87.7 Å². The summed E-state index contributed by atoms with van der Waals surface area (Å²) in [5.41, 5.74) is 0.853. The van der Waals surface area contributed by atoms with Crippen LogP contribution in [0, 0.1) is 22.2 Å². The van der Waals surface area contributed by atoms with Gasteiger partial charge in [-0.1, -0.05) is 20.8 Å². The van der Waals surface area contributed by atoms with Gasteiger partial charge in [0.2, 0.25) is 0 Å². The number of nitrogens with one attached hydrogen (secondary N) is 1. The lowest BCUT2D eigenvalue weighted by atomic mass is 9.88. The van der Waals surface area contributed by atoms with E-state index in [-0.39, 0.29) is 5.41 Å². The summed E-state index contributed by atoms with van der Waals surface area (Å²) in [5.74, 6) is 0. The lowest BCUT2D eigenvalue weighted by Crippen LogP contribution is -2.32. The molecule has 0 heterocycles. The highest BCUT2D eigenvalue weighted by Crippen LogP contribution is 2.44. The van der Waals surface area contributed by atoms with E-state index in [4.69, 9.17) is 5.26 Å². The molecule has 2 nitrogen and oxygen atoms in total. The lowest BCUT2D eigenvalue weighted by Gasteiger charge is -2.24. The van der Waals surface area contributed by atoms with Crippen LogP contribution in [0.4, 0.5) is 0 Å². The highest BCUT2D eigenvalue weighted by molar-refractivity contribution is 4.91. The van der Waals surface area contributed by atoms with Crippen molar-refractivity contribution < 1.29 is 0 Å². The molecule has 0 aromatic rings. The van der Waals surface area contributed by atoms with Gasteiger partial charge in [0.25, 0.3) is 0 Å². The second-order valence-corrected chi connectivity index (χ2v) is 5.74. The molecule has 1 N–H and O–H groups in total. The van der Waals surface area contributed by atoms with E-state index in [9.17, 15) is 0 Å². The summed E-state index contributed by atoms with van der Waals surface area (Å²) in [7, 11) is 0. The average Bonchev–Trinajstić information content (AvgIpc) is 2.80. The van der Waals surface area contributed by atoms with Gasteiger partial charge in [-0.05, 0) is 30.1 Å². The first kappa shape index (κ1) is 11.5. The highest BCUT2D eigenvalue weighted by atomic mass is 14.9. The summed E-state index contributed by atoms with van der Waals surface area (Å²) in [6, 6.07) is 2.22. The molecule has 1 fully saturated rings. The second kappa shape index (κ2) is 4.31. The molecule has 1 rings (SSSR count). The third-order valence-electron chi connectivity index (χ3n) is 3.17. The van der Waals surface area contributed by atoms with Crippen LogP contribution in [0.15, 0.2) is 0 Å². The Morgan fingerprint density at radius 1 is 1.43 bits per heavy atom. The van der Waals surface area contributed by atoms with Gasteiger partial charge in [-0.15, -0.1) is 0 Å². The van der Waals surface area contributed by atoms with E-state index in [2.05, 4.69) is 32.2 Å². The van der Waals surface area contributed by atoms with Crippen LogP contribution < -0.4 is 5.32 Å². The molecule has 0 atom stereocenters. The molecule has 14 heavy (non-hydrogen) atoms. The molecule has 80 valence electrons. The predicted octanol–water partition coefficient (Wildman–Crippen LogP) is 2.71. The fourth-order valence-corrected chi connectivity index (χ4v) is 1.58. The molecule has 0 aromatic carbocycles.